The summed E-state index contributed by atoms with van der Waals surface area (Å²) in [6.07, 6.45) is 0. The van der Waals surface area contributed by atoms with Crippen molar-refractivity contribution in [3.05, 3.63) is 46.3 Å². The molecule has 0 radical (unpaired) electrons. The Bertz CT molecular complexity index is 785. The van der Waals surface area contributed by atoms with E-state index in [1.807, 2.05) is 24.3 Å². The minimum absolute atomic E-state index is 0.156. The summed E-state index contributed by atoms with van der Waals surface area (Å²) >= 11 is 3.37. The van der Waals surface area contributed by atoms with Crippen molar-refractivity contribution in [1.29, 1.82) is 0 Å². The molecule has 2 heterocycles. The van der Waals surface area contributed by atoms with Crippen LogP contribution in [-0.4, -0.2) is 66.2 Å². The molecule has 2 aromatic rings. The van der Waals surface area contributed by atoms with Gasteiger partial charge in [0.2, 0.25) is 5.76 Å². The van der Waals surface area contributed by atoms with Gasteiger partial charge in [-0.1, -0.05) is 21.1 Å². The van der Waals surface area contributed by atoms with Crippen LogP contribution in [0.4, 0.5) is 4.79 Å². The Morgan fingerprint density at radius 3 is 2.48 bits per heavy atom. The van der Waals surface area contributed by atoms with Crippen LogP contribution in [0.15, 0.2) is 39.3 Å². The second kappa shape index (κ2) is 8.90. The van der Waals surface area contributed by atoms with Crippen LogP contribution in [0.25, 0.3) is 0 Å². The first-order valence-corrected chi connectivity index (χ1v) is 9.46. The molecule has 3 amide bonds. The standard InChI is InChI=1S/C18H21BrN4O4/c1-13-12-16(27-21-13)17(24)22-7-9-23(10-8-22)18(25)20-6-11-26-15-4-2-14(19)3-5-15/h2-5,12H,6-11H2,1H3,(H,20,25). The van der Waals surface area contributed by atoms with Crippen molar-refractivity contribution in [3.8, 4) is 5.75 Å². The molecule has 1 fully saturated rings. The number of halogens is 1. The molecule has 0 aliphatic carbocycles. The largest absolute Gasteiger partial charge is 0.492 e. The lowest BCUT2D eigenvalue weighted by Gasteiger charge is -2.34. The molecule has 1 N–H and O–H groups in total. The summed E-state index contributed by atoms with van der Waals surface area (Å²) in [6, 6.07) is 8.98. The van der Waals surface area contributed by atoms with Gasteiger partial charge in [-0.05, 0) is 31.2 Å². The highest BCUT2D eigenvalue weighted by molar-refractivity contribution is 9.10. The van der Waals surface area contributed by atoms with Crippen LogP contribution in [0, 0.1) is 6.92 Å². The van der Waals surface area contributed by atoms with Crippen LogP contribution in [0.5, 0.6) is 5.75 Å². The van der Waals surface area contributed by atoms with Crippen molar-refractivity contribution in [2.45, 2.75) is 6.92 Å². The monoisotopic (exact) mass is 436 g/mol. The van der Waals surface area contributed by atoms with Gasteiger partial charge in [0.05, 0.1) is 12.2 Å². The number of hydrogen-bond donors (Lipinski definition) is 1. The SMILES string of the molecule is Cc1cc(C(=O)N2CCN(C(=O)NCCOc3ccc(Br)cc3)CC2)on1. The fourth-order valence-electron chi connectivity index (χ4n) is 2.70. The van der Waals surface area contributed by atoms with Crippen LogP contribution in [0.1, 0.15) is 16.2 Å². The van der Waals surface area contributed by atoms with Gasteiger partial charge in [0.25, 0.3) is 5.91 Å². The molecule has 3 rings (SSSR count). The van der Waals surface area contributed by atoms with Gasteiger partial charge >= 0.3 is 6.03 Å². The zero-order valence-corrected chi connectivity index (χ0v) is 16.6. The van der Waals surface area contributed by atoms with Crippen molar-refractivity contribution in [2.75, 3.05) is 39.3 Å². The number of aryl methyl sites for hydroxylation is 1. The van der Waals surface area contributed by atoms with Crippen LogP contribution >= 0.6 is 15.9 Å². The number of ether oxygens (including phenoxy) is 1. The molecule has 1 saturated heterocycles. The fourth-order valence-corrected chi connectivity index (χ4v) is 2.97. The van der Waals surface area contributed by atoms with Gasteiger partial charge in [0.1, 0.15) is 12.4 Å². The number of hydrogen-bond acceptors (Lipinski definition) is 5. The van der Waals surface area contributed by atoms with E-state index in [1.165, 1.54) is 0 Å². The van der Waals surface area contributed by atoms with Crippen molar-refractivity contribution >= 4 is 27.9 Å². The van der Waals surface area contributed by atoms with E-state index in [9.17, 15) is 9.59 Å². The van der Waals surface area contributed by atoms with E-state index in [0.717, 1.165) is 10.2 Å². The number of aromatic nitrogens is 1. The van der Waals surface area contributed by atoms with E-state index in [-0.39, 0.29) is 17.7 Å². The lowest BCUT2D eigenvalue weighted by atomic mass is 10.3. The molecular weight excluding hydrogens is 416 g/mol. The molecule has 0 saturated carbocycles. The summed E-state index contributed by atoms with van der Waals surface area (Å²) < 4.78 is 11.6. The van der Waals surface area contributed by atoms with Crippen molar-refractivity contribution in [2.24, 2.45) is 0 Å². The molecular formula is C18H21BrN4O4. The van der Waals surface area contributed by atoms with Gasteiger partial charge in [-0.3, -0.25) is 4.79 Å². The Morgan fingerprint density at radius 1 is 1.19 bits per heavy atom. The van der Waals surface area contributed by atoms with Crippen molar-refractivity contribution in [3.63, 3.8) is 0 Å². The number of rotatable bonds is 5. The molecule has 1 aromatic carbocycles. The summed E-state index contributed by atoms with van der Waals surface area (Å²) in [7, 11) is 0. The second-order valence-corrected chi connectivity index (χ2v) is 7.06. The average molecular weight is 437 g/mol. The first kappa shape index (κ1) is 19.2. The first-order valence-electron chi connectivity index (χ1n) is 8.66. The maximum atomic E-state index is 12.3. The van der Waals surface area contributed by atoms with Crippen LogP contribution in [-0.2, 0) is 0 Å². The molecule has 9 heteroatoms. The van der Waals surface area contributed by atoms with E-state index >= 15 is 0 Å². The van der Waals surface area contributed by atoms with Gasteiger partial charge in [0, 0.05) is 36.7 Å². The molecule has 144 valence electrons. The van der Waals surface area contributed by atoms with E-state index in [4.69, 9.17) is 9.26 Å². The average Bonchev–Trinajstić information content (AvgIpc) is 3.12. The maximum Gasteiger partial charge on any atom is 0.317 e. The topological polar surface area (TPSA) is 87.9 Å². The third-order valence-corrected chi connectivity index (χ3v) is 4.68. The number of carbonyl (C=O) groups excluding carboxylic acids is 2. The summed E-state index contributed by atoms with van der Waals surface area (Å²) in [4.78, 5) is 27.9. The van der Waals surface area contributed by atoms with E-state index < -0.39 is 0 Å². The quantitative estimate of drug-likeness (QED) is 0.726. The maximum absolute atomic E-state index is 12.3. The highest BCUT2D eigenvalue weighted by Crippen LogP contribution is 2.15. The number of benzene rings is 1. The minimum Gasteiger partial charge on any atom is -0.492 e. The third kappa shape index (κ3) is 5.22. The fraction of sp³-hybridized carbons (Fsp3) is 0.389. The summed E-state index contributed by atoms with van der Waals surface area (Å²) in [6.45, 7) is 4.42. The highest BCUT2D eigenvalue weighted by atomic mass is 79.9. The Labute approximate surface area is 165 Å². The van der Waals surface area contributed by atoms with Gasteiger partial charge < -0.3 is 24.4 Å². The number of urea groups is 1. The minimum atomic E-state index is -0.196. The van der Waals surface area contributed by atoms with E-state index in [1.54, 1.807) is 22.8 Å². The Balaban J connectivity index is 1.37. The molecule has 1 aliphatic heterocycles. The Hall–Kier alpha value is -2.55. The summed E-state index contributed by atoms with van der Waals surface area (Å²) in [5.41, 5.74) is 0.668. The second-order valence-electron chi connectivity index (χ2n) is 6.15. The number of amides is 3. The molecule has 0 unspecified atom stereocenters. The van der Waals surface area contributed by atoms with Crippen molar-refractivity contribution < 1.29 is 18.8 Å². The van der Waals surface area contributed by atoms with Crippen LogP contribution < -0.4 is 10.1 Å². The Morgan fingerprint density at radius 2 is 1.85 bits per heavy atom. The highest BCUT2D eigenvalue weighted by Gasteiger charge is 2.26. The molecule has 27 heavy (non-hydrogen) atoms. The van der Waals surface area contributed by atoms with Gasteiger partial charge in [0.15, 0.2) is 0 Å². The number of piperazine rings is 1. The third-order valence-electron chi connectivity index (χ3n) is 4.15. The normalized spacial score (nSPS) is 14.1. The zero-order valence-electron chi connectivity index (χ0n) is 15.0. The summed E-state index contributed by atoms with van der Waals surface area (Å²) in [5, 5.41) is 6.57. The van der Waals surface area contributed by atoms with E-state index in [0.29, 0.717) is 45.0 Å². The zero-order chi connectivity index (χ0) is 19.2. The van der Waals surface area contributed by atoms with Crippen LogP contribution in [0.3, 0.4) is 0 Å². The number of nitrogens with one attached hydrogen (secondary N) is 1. The summed E-state index contributed by atoms with van der Waals surface area (Å²) in [5.74, 6) is 0.788. The molecule has 8 nitrogen and oxygen atoms in total. The predicted octanol–water partition coefficient (Wildman–Crippen LogP) is 2.29. The Kier molecular flexibility index (Phi) is 6.33. The number of carbonyl (C=O) groups is 2. The van der Waals surface area contributed by atoms with Gasteiger partial charge in [-0.25, -0.2) is 4.79 Å². The van der Waals surface area contributed by atoms with Crippen LogP contribution in [0.2, 0.25) is 0 Å². The van der Waals surface area contributed by atoms with Gasteiger partial charge in [-0.2, -0.15) is 0 Å². The molecule has 0 spiro atoms. The van der Waals surface area contributed by atoms with Gasteiger partial charge in [-0.15, -0.1) is 0 Å². The molecule has 0 atom stereocenters. The lowest BCUT2D eigenvalue weighted by molar-refractivity contribution is 0.0624. The number of nitrogens with zero attached hydrogens (tertiary/aromatic N) is 3. The molecule has 1 aliphatic rings. The molecule has 0 bridgehead atoms. The van der Waals surface area contributed by atoms with E-state index in [2.05, 4.69) is 26.4 Å². The predicted molar refractivity (Wildman–Crippen MR) is 102 cm³/mol. The lowest BCUT2D eigenvalue weighted by Crippen LogP contribution is -2.53. The van der Waals surface area contributed by atoms with Crippen molar-refractivity contribution in [1.82, 2.24) is 20.3 Å². The first-order chi connectivity index (χ1) is 13.0. The smallest absolute Gasteiger partial charge is 0.317 e. The molecule has 1 aromatic heterocycles.